The zero-order valence-corrected chi connectivity index (χ0v) is 11.5. The molecule has 1 saturated heterocycles. The van der Waals surface area contributed by atoms with Crippen LogP contribution < -0.4 is 5.32 Å². The molecule has 2 nitrogen and oxygen atoms in total. The summed E-state index contributed by atoms with van der Waals surface area (Å²) in [5.74, 6) is 3.21. The highest BCUT2D eigenvalue weighted by Gasteiger charge is 2.40. The topological polar surface area (TPSA) is 15.3 Å². The highest BCUT2D eigenvalue weighted by atomic mass is 15.2. The van der Waals surface area contributed by atoms with Gasteiger partial charge in [-0.25, -0.2) is 0 Å². The number of nitrogens with zero attached hydrogens (tertiary/aromatic N) is 1. The maximum Gasteiger partial charge on any atom is 0.0252 e. The molecule has 2 aliphatic carbocycles. The maximum absolute atomic E-state index is 3.67. The Labute approximate surface area is 106 Å². The monoisotopic (exact) mass is 236 g/mol. The predicted molar refractivity (Wildman–Crippen MR) is 72.1 cm³/mol. The van der Waals surface area contributed by atoms with Gasteiger partial charge in [-0.3, -0.25) is 0 Å². The molecule has 0 aromatic heterocycles. The van der Waals surface area contributed by atoms with Gasteiger partial charge in [-0.2, -0.15) is 0 Å². The van der Waals surface area contributed by atoms with Gasteiger partial charge in [0, 0.05) is 18.6 Å². The molecule has 17 heavy (non-hydrogen) atoms. The lowest BCUT2D eigenvalue weighted by molar-refractivity contribution is 0.170. The Morgan fingerprint density at radius 3 is 2.82 bits per heavy atom. The van der Waals surface area contributed by atoms with Crippen LogP contribution in [-0.2, 0) is 0 Å². The number of hydrogen-bond acceptors (Lipinski definition) is 2. The van der Waals surface area contributed by atoms with E-state index < -0.39 is 0 Å². The fourth-order valence-electron chi connectivity index (χ4n) is 4.51. The minimum absolute atomic E-state index is 0.314. The zero-order valence-electron chi connectivity index (χ0n) is 11.5. The van der Waals surface area contributed by atoms with Gasteiger partial charge in [0.05, 0.1) is 0 Å². The summed E-state index contributed by atoms with van der Waals surface area (Å²) >= 11 is 0. The van der Waals surface area contributed by atoms with E-state index in [0.717, 1.165) is 17.8 Å². The number of rotatable bonds is 2. The average molecular weight is 236 g/mol. The van der Waals surface area contributed by atoms with Crippen LogP contribution in [0.3, 0.4) is 0 Å². The van der Waals surface area contributed by atoms with Crippen molar-refractivity contribution in [2.24, 2.45) is 17.8 Å². The Bertz CT molecular complexity index is 274. The van der Waals surface area contributed by atoms with Crippen LogP contribution in [0.5, 0.6) is 0 Å². The Hall–Kier alpha value is -0.0800. The third-order valence-electron chi connectivity index (χ3n) is 5.25. The quantitative estimate of drug-likeness (QED) is 0.792. The minimum atomic E-state index is 0.314. The Balaban J connectivity index is 1.57. The van der Waals surface area contributed by atoms with E-state index in [9.17, 15) is 0 Å². The molecule has 0 aromatic rings. The Kier molecular flexibility index (Phi) is 3.20. The average Bonchev–Trinajstić information content (AvgIpc) is 2.81. The van der Waals surface area contributed by atoms with Gasteiger partial charge < -0.3 is 10.2 Å². The molecule has 1 N–H and O–H groups in total. The van der Waals surface area contributed by atoms with E-state index in [1.165, 1.54) is 51.9 Å². The summed E-state index contributed by atoms with van der Waals surface area (Å²) in [5, 5.41) is 3.67. The predicted octanol–water partition coefficient (Wildman–Crippen LogP) is 2.50. The lowest BCUT2D eigenvalue weighted by atomic mass is 9.88. The van der Waals surface area contributed by atoms with Gasteiger partial charge in [-0.15, -0.1) is 0 Å². The first-order valence-corrected chi connectivity index (χ1v) is 7.60. The molecule has 0 radical (unpaired) electrons. The molecule has 0 spiro atoms. The Morgan fingerprint density at radius 2 is 2.12 bits per heavy atom. The zero-order chi connectivity index (χ0) is 11.9. The van der Waals surface area contributed by atoms with E-state index in [0.29, 0.717) is 5.54 Å². The lowest BCUT2D eigenvalue weighted by Gasteiger charge is -2.33. The molecule has 2 bridgehead atoms. The first kappa shape index (κ1) is 12.0. The van der Waals surface area contributed by atoms with Crippen LogP contribution in [0.1, 0.15) is 46.0 Å². The SMILES string of the molecule is CC1(C)CN(CC2CC3CCC2C3)CCCN1. The van der Waals surface area contributed by atoms with E-state index in [2.05, 4.69) is 24.1 Å². The number of nitrogens with one attached hydrogen (secondary N) is 1. The molecule has 1 heterocycles. The standard InChI is InChI=1S/C15H28N2/c1-15(2)11-17(7-3-6-16-15)10-14-9-12-4-5-13(14)8-12/h12-14,16H,3-11H2,1-2H3. The van der Waals surface area contributed by atoms with Gasteiger partial charge in [0.1, 0.15) is 0 Å². The second-order valence-electron chi connectivity index (χ2n) is 7.33. The van der Waals surface area contributed by atoms with Crippen molar-refractivity contribution in [2.45, 2.75) is 51.5 Å². The van der Waals surface area contributed by atoms with Gasteiger partial charge in [0.2, 0.25) is 0 Å². The molecule has 3 fully saturated rings. The van der Waals surface area contributed by atoms with Crippen molar-refractivity contribution in [3.05, 3.63) is 0 Å². The summed E-state index contributed by atoms with van der Waals surface area (Å²) in [6, 6.07) is 0. The minimum Gasteiger partial charge on any atom is -0.310 e. The highest BCUT2D eigenvalue weighted by Crippen LogP contribution is 2.48. The molecular formula is C15H28N2. The molecule has 2 heteroatoms. The molecule has 2 saturated carbocycles. The van der Waals surface area contributed by atoms with Crippen LogP contribution in [-0.4, -0.2) is 36.6 Å². The van der Waals surface area contributed by atoms with Crippen molar-refractivity contribution < 1.29 is 0 Å². The molecule has 0 amide bonds. The molecule has 3 atom stereocenters. The van der Waals surface area contributed by atoms with Gasteiger partial charge in [0.15, 0.2) is 0 Å². The van der Waals surface area contributed by atoms with Crippen LogP contribution in [0.25, 0.3) is 0 Å². The number of hydrogen-bond donors (Lipinski definition) is 1. The maximum atomic E-state index is 3.67. The van der Waals surface area contributed by atoms with Crippen molar-refractivity contribution in [3.63, 3.8) is 0 Å². The van der Waals surface area contributed by atoms with Crippen LogP contribution in [0.2, 0.25) is 0 Å². The van der Waals surface area contributed by atoms with Crippen molar-refractivity contribution in [2.75, 3.05) is 26.2 Å². The van der Waals surface area contributed by atoms with Crippen molar-refractivity contribution in [1.29, 1.82) is 0 Å². The van der Waals surface area contributed by atoms with Gasteiger partial charge >= 0.3 is 0 Å². The fraction of sp³-hybridized carbons (Fsp3) is 1.00. The van der Waals surface area contributed by atoms with Crippen LogP contribution in [0.4, 0.5) is 0 Å². The first-order valence-electron chi connectivity index (χ1n) is 7.60. The molecule has 3 aliphatic rings. The van der Waals surface area contributed by atoms with E-state index in [-0.39, 0.29) is 0 Å². The summed E-state index contributed by atoms with van der Waals surface area (Å²) in [4.78, 5) is 2.74. The molecule has 3 rings (SSSR count). The summed E-state index contributed by atoms with van der Waals surface area (Å²) in [6.07, 6.45) is 7.48. The van der Waals surface area contributed by atoms with Gasteiger partial charge in [-0.05, 0) is 70.4 Å². The largest absolute Gasteiger partial charge is 0.310 e. The summed E-state index contributed by atoms with van der Waals surface area (Å²) in [5.41, 5.74) is 0.314. The van der Waals surface area contributed by atoms with Crippen LogP contribution in [0, 0.1) is 17.8 Å². The fourth-order valence-corrected chi connectivity index (χ4v) is 4.51. The molecule has 1 aliphatic heterocycles. The Morgan fingerprint density at radius 1 is 1.24 bits per heavy atom. The second kappa shape index (κ2) is 4.55. The number of fused-ring (bicyclic) bond motifs is 2. The molecular weight excluding hydrogens is 208 g/mol. The third-order valence-corrected chi connectivity index (χ3v) is 5.25. The normalized spacial score (nSPS) is 41.6. The highest BCUT2D eigenvalue weighted by molar-refractivity contribution is 4.93. The third kappa shape index (κ3) is 2.68. The van der Waals surface area contributed by atoms with Gasteiger partial charge in [0.25, 0.3) is 0 Å². The lowest BCUT2D eigenvalue weighted by Crippen LogP contribution is -2.47. The molecule has 98 valence electrons. The van der Waals surface area contributed by atoms with Crippen LogP contribution >= 0.6 is 0 Å². The molecule has 0 aromatic carbocycles. The summed E-state index contributed by atoms with van der Waals surface area (Å²) in [7, 11) is 0. The second-order valence-corrected chi connectivity index (χ2v) is 7.33. The van der Waals surface area contributed by atoms with Crippen molar-refractivity contribution in [1.82, 2.24) is 10.2 Å². The van der Waals surface area contributed by atoms with E-state index in [1.54, 1.807) is 6.42 Å². The van der Waals surface area contributed by atoms with Gasteiger partial charge in [-0.1, -0.05) is 6.42 Å². The molecule has 3 unspecified atom stereocenters. The summed E-state index contributed by atoms with van der Waals surface area (Å²) < 4.78 is 0. The van der Waals surface area contributed by atoms with E-state index in [1.807, 2.05) is 0 Å². The van der Waals surface area contributed by atoms with Crippen LogP contribution in [0.15, 0.2) is 0 Å². The summed E-state index contributed by atoms with van der Waals surface area (Å²) in [6.45, 7) is 9.83. The first-order chi connectivity index (χ1) is 8.12. The van der Waals surface area contributed by atoms with E-state index in [4.69, 9.17) is 0 Å². The van der Waals surface area contributed by atoms with Crippen molar-refractivity contribution in [3.8, 4) is 0 Å². The smallest absolute Gasteiger partial charge is 0.0252 e. The van der Waals surface area contributed by atoms with Crippen molar-refractivity contribution >= 4 is 0 Å². The van der Waals surface area contributed by atoms with E-state index >= 15 is 0 Å².